The molecular formula is C16H11NO5. The highest BCUT2D eigenvalue weighted by Crippen LogP contribution is 2.34. The quantitative estimate of drug-likeness (QED) is 0.635. The summed E-state index contributed by atoms with van der Waals surface area (Å²) in [7, 11) is 0. The molecule has 1 aliphatic rings. The van der Waals surface area contributed by atoms with Crippen molar-refractivity contribution in [3.63, 3.8) is 0 Å². The van der Waals surface area contributed by atoms with Crippen LogP contribution in [0.2, 0.25) is 0 Å². The van der Waals surface area contributed by atoms with Crippen molar-refractivity contribution < 1.29 is 24.6 Å². The third-order valence-corrected chi connectivity index (χ3v) is 3.47. The van der Waals surface area contributed by atoms with E-state index in [2.05, 4.69) is 5.32 Å². The van der Waals surface area contributed by atoms with Crippen LogP contribution in [-0.4, -0.2) is 34.3 Å². The second-order valence-corrected chi connectivity index (χ2v) is 4.87. The molecule has 22 heavy (non-hydrogen) atoms. The minimum absolute atomic E-state index is 0.0988. The van der Waals surface area contributed by atoms with Crippen LogP contribution < -0.4 is 5.32 Å². The maximum Gasteiger partial charge on any atom is 0.322 e. The van der Waals surface area contributed by atoms with E-state index >= 15 is 0 Å². The predicted octanol–water partition coefficient (Wildman–Crippen LogP) is 1.66. The summed E-state index contributed by atoms with van der Waals surface area (Å²) in [5.41, 5.74) is 0.957. The number of benzene rings is 2. The monoisotopic (exact) mass is 297 g/mol. The van der Waals surface area contributed by atoms with E-state index in [9.17, 15) is 19.5 Å². The Morgan fingerprint density at radius 2 is 1.50 bits per heavy atom. The van der Waals surface area contributed by atoms with Crippen molar-refractivity contribution in [2.24, 2.45) is 0 Å². The van der Waals surface area contributed by atoms with Crippen molar-refractivity contribution in [3.05, 3.63) is 58.7 Å². The van der Waals surface area contributed by atoms with Gasteiger partial charge in [-0.3, -0.25) is 14.4 Å². The van der Waals surface area contributed by atoms with Crippen molar-refractivity contribution >= 4 is 23.2 Å². The van der Waals surface area contributed by atoms with Crippen molar-refractivity contribution in [2.75, 3.05) is 11.9 Å². The Labute approximate surface area is 125 Å². The Morgan fingerprint density at radius 3 is 2.05 bits per heavy atom. The number of hydrogen-bond donors (Lipinski definition) is 3. The normalized spacial score (nSPS) is 12.5. The molecule has 0 amide bonds. The zero-order valence-corrected chi connectivity index (χ0v) is 11.3. The van der Waals surface area contributed by atoms with Crippen molar-refractivity contribution in [1.82, 2.24) is 0 Å². The van der Waals surface area contributed by atoms with E-state index in [1.165, 1.54) is 12.1 Å². The second-order valence-electron chi connectivity index (χ2n) is 4.87. The molecule has 0 saturated carbocycles. The number of aromatic hydroxyl groups is 1. The Bertz CT molecular complexity index is 825. The average Bonchev–Trinajstić information content (AvgIpc) is 2.51. The van der Waals surface area contributed by atoms with E-state index in [-0.39, 0.29) is 34.1 Å². The number of carboxylic acid groups (broad SMARTS) is 1. The maximum absolute atomic E-state index is 12.5. The van der Waals surface area contributed by atoms with Gasteiger partial charge in [0.05, 0.1) is 5.69 Å². The minimum Gasteiger partial charge on any atom is -0.506 e. The van der Waals surface area contributed by atoms with Gasteiger partial charge in [-0.25, -0.2) is 0 Å². The molecule has 3 rings (SSSR count). The van der Waals surface area contributed by atoms with Crippen LogP contribution >= 0.6 is 0 Å². The van der Waals surface area contributed by atoms with Crippen LogP contribution in [0.15, 0.2) is 36.4 Å². The van der Waals surface area contributed by atoms with Crippen LogP contribution in [0.5, 0.6) is 5.75 Å². The molecule has 0 heterocycles. The van der Waals surface area contributed by atoms with E-state index in [4.69, 9.17) is 5.11 Å². The number of ketones is 2. The number of phenolic OH excluding ortho intramolecular Hbond substituents is 1. The Hall–Kier alpha value is -3.15. The van der Waals surface area contributed by atoms with Crippen molar-refractivity contribution in [2.45, 2.75) is 0 Å². The number of carbonyl (C=O) groups is 3. The molecule has 0 saturated heterocycles. The number of anilines is 1. The molecule has 0 bridgehead atoms. The molecule has 2 aromatic rings. The molecule has 2 aromatic carbocycles. The summed E-state index contributed by atoms with van der Waals surface area (Å²) in [5.74, 6) is -2.06. The molecule has 1 aliphatic carbocycles. The van der Waals surface area contributed by atoms with Crippen LogP contribution in [0, 0.1) is 0 Å². The summed E-state index contributed by atoms with van der Waals surface area (Å²) in [6.07, 6.45) is 0. The van der Waals surface area contributed by atoms with Crippen LogP contribution in [-0.2, 0) is 4.79 Å². The molecule has 0 atom stereocenters. The Kier molecular flexibility index (Phi) is 3.14. The molecule has 6 heteroatoms. The van der Waals surface area contributed by atoms with Crippen LogP contribution in [0.25, 0.3) is 0 Å². The lowest BCUT2D eigenvalue weighted by molar-refractivity contribution is -0.134. The van der Waals surface area contributed by atoms with E-state index < -0.39 is 12.5 Å². The van der Waals surface area contributed by atoms with Gasteiger partial charge in [-0.2, -0.15) is 0 Å². The van der Waals surface area contributed by atoms with Gasteiger partial charge in [-0.1, -0.05) is 24.3 Å². The smallest absolute Gasteiger partial charge is 0.322 e. The van der Waals surface area contributed by atoms with Gasteiger partial charge in [-0.05, 0) is 12.1 Å². The summed E-state index contributed by atoms with van der Waals surface area (Å²) < 4.78 is 0. The molecule has 0 spiro atoms. The van der Waals surface area contributed by atoms with Gasteiger partial charge in [0.25, 0.3) is 0 Å². The molecule has 0 fully saturated rings. The first-order valence-corrected chi connectivity index (χ1v) is 6.50. The van der Waals surface area contributed by atoms with E-state index in [1.807, 2.05) is 0 Å². The molecule has 110 valence electrons. The zero-order chi connectivity index (χ0) is 15.9. The SMILES string of the molecule is O=C(O)CNc1cc2c(cc1O)C(=O)c1ccccc1C2=O. The molecule has 0 radical (unpaired) electrons. The molecule has 0 unspecified atom stereocenters. The summed E-state index contributed by atoms with van der Waals surface area (Å²) >= 11 is 0. The number of nitrogens with one attached hydrogen (secondary N) is 1. The fraction of sp³-hybridized carbons (Fsp3) is 0.0625. The number of carbonyl (C=O) groups excluding carboxylic acids is 2. The average molecular weight is 297 g/mol. The lowest BCUT2D eigenvalue weighted by atomic mass is 9.83. The standard InChI is InChI=1S/C16H11NO5/c18-13-6-11-10(5-12(13)17-7-14(19)20)15(21)8-3-1-2-4-9(8)16(11)22/h1-6,17-18H,7H2,(H,19,20). The zero-order valence-electron chi connectivity index (χ0n) is 11.3. The third-order valence-electron chi connectivity index (χ3n) is 3.47. The Morgan fingerprint density at radius 1 is 0.955 bits per heavy atom. The number of aliphatic carboxylic acids is 1. The molecule has 0 aromatic heterocycles. The topological polar surface area (TPSA) is 104 Å². The van der Waals surface area contributed by atoms with Gasteiger partial charge in [0, 0.05) is 22.3 Å². The van der Waals surface area contributed by atoms with Gasteiger partial charge in [0.15, 0.2) is 11.6 Å². The van der Waals surface area contributed by atoms with Crippen LogP contribution in [0.4, 0.5) is 5.69 Å². The fourth-order valence-electron chi connectivity index (χ4n) is 2.45. The number of fused-ring (bicyclic) bond motifs is 2. The molecule has 0 aliphatic heterocycles. The molecule has 3 N–H and O–H groups in total. The lowest BCUT2D eigenvalue weighted by Crippen LogP contribution is -2.21. The van der Waals surface area contributed by atoms with Crippen molar-refractivity contribution in [3.8, 4) is 5.75 Å². The van der Waals surface area contributed by atoms with Gasteiger partial charge < -0.3 is 15.5 Å². The Balaban J connectivity index is 2.11. The van der Waals surface area contributed by atoms with E-state index in [0.29, 0.717) is 11.1 Å². The maximum atomic E-state index is 12.5. The number of phenols is 1. The first-order chi connectivity index (χ1) is 10.5. The fourth-order valence-corrected chi connectivity index (χ4v) is 2.45. The highest BCUT2D eigenvalue weighted by molar-refractivity contribution is 6.28. The van der Waals surface area contributed by atoms with E-state index in [0.717, 1.165) is 0 Å². The predicted molar refractivity (Wildman–Crippen MR) is 77.5 cm³/mol. The first kappa shape index (κ1) is 13.8. The highest BCUT2D eigenvalue weighted by Gasteiger charge is 2.30. The number of carboxylic acids is 1. The van der Waals surface area contributed by atoms with E-state index in [1.54, 1.807) is 24.3 Å². The molecule has 6 nitrogen and oxygen atoms in total. The largest absolute Gasteiger partial charge is 0.506 e. The summed E-state index contributed by atoms with van der Waals surface area (Å²) in [6, 6.07) is 8.96. The van der Waals surface area contributed by atoms with Gasteiger partial charge in [0.2, 0.25) is 0 Å². The lowest BCUT2D eigenvalue weighted by Gasteiger charge is -2.19. The summed E-state index contributed by atoms with van der Waals surface area (Å²) in [6.45, 7) is -0.412. The van der Waals surface area contributed by atoms with Gasteiger partial charge >= 0.3 is 5.97 Å². The van der Waals surface area contributed by atoms with Crippen molar-refractivity contribution in [1.29, 1.82) is 0 Å². The summed E-state index contributed by atoms with van der Waals surface area (Å²) in [4.78, 5) is 35.5. The third kappa shape index (κ3) is 2.10. The van der Waals surface area contributed by atoms with Crippen LogP contribution in [0.3, 0.4) is 0 Å². The molecular weight excluding hydrogens is 286 g/mol. The second kappa shape index (κ2) is 5.00. The van der Waals surface area contributed by atoms with Gasteiger partial charge in [0.1, 0.15) is 12.3 Å². The summed E-state index contributed by atoms with van der Waals surface area (Å²) in [5, 5.41) is 21.1. The highest BCUT2D eigenvalue weighted by atomic mass is 16.4. The van der Waals surface area contributed by atoms with Gasteiger partial charge in [-0.15, -0.1) is 0 Å². The minimum atomic E-state index is -1.11. The number of rotatable bonds is 3. The first-order valence-electron chi connectivity index (χ1n) is 6.50. The number of hydrogen-bond acceptors (Lipinski definition) is 5. The van der Waals surface area contributed by atoms with Crippen LogP contribution in [0.1, 0.15) is 31.8 Å².